The van der Waals surface area contributed by atoms with Crippen molar-refractivity contribution in [1.29, 1.82) is 0 Å². The Bertz CT molecular complexity index is 434. The summed E-state index contributed by atoms with van der Waals surface area (Å²) in [4.78, 5) is 4.51. The van der Waals surface area contributed by atoms with Crippen molar-refractivity contribution < 1.29 is 9.26 Å². The van der Waals surface area contributed by atoms with Gasteiger partial charge in [-0.05, 0) is 44.4 Å². The molecule has 2 N–H and O–H groups in total. The summed E-state index contributed by atoms with van der Waals surface area (Å²) in [6.07, 6.45) is 4.80. The molecule has 1 heterocycles. The summed E-state index contributed by atoms with van der Waals surface area (Å²) in [5, 5.41) is 4.06. The van der Waals surface area contributed by atoms with Crippen molar-refractivity contribution in [2.75, 3.05) is 13.2 Å². The van der Waals surface area contributed by atoms with Gasteiger partial charge in [-0.1, -0.05) is 12.1 Å². The van der Waals surface area contributed by atoms with Gasteiger partial charge in [-0.25, -0.2) is 0 Å². The Kier molecular flexibility index (Phi) is 3.35. The summed E-state index contributed by atoms with van der Waals surface area (Å²) < 4.78 is 10.9. The molecule has 0 bridgehead atoms. The molecule has 0 spiro atoms. The van der Waals surface area contributed by atoms with Crippen LogP contribution in [0.4, 0.5) is 0 Å². The molecule has 2 aliphatic rings. The first kappa shape index (κ1) is 13.1. The molecule has 0 radical (unpaired) electrons. The molecule has 3 rings (SSSR count). The lowest BCUT2D eigenvalue weighted by Gasteiger charge is -2.20. The zero-order valence-electron chi connectivity index (χ0n) is 11.8. The fourth-order valence-electron chi connectivity index (χ4n) is 3.04. The molecular formula is C14H23N3O2. The minimum Gasteiger partial charge on any atom is -0.379 e. The number of rotatable bonds is 6. The number of hydrogen-bond acceptors (Lipinski definition) is 5. The summed E-state index contributed by atoms with van der Waals surface area (Å²) in [5.41, 5.74) is 5.55. The summed E-state index contributed by atoms with van der Waals surface area (Å²) in [7, 11) is 0. The van der Waals surface area contributed by atoms with Gasteiger partial charge in [0.25, 0.3) is 0 Å². The first-order valence-corrected chi connectivity index (χ1v) is 7.31. The van der Waals surface area contributed by atoms with Crippen molar-refractivity contribution in [2.45, 2.75) is 51.0 Å². The molecule has 1 aromatic heterocycles. The van der Waals surface area contributed by atoms with Crippen LogP contribution in [-0.4, -0.2) is 23.4 Å². The van der Waals surface area contributed by atoms with Gasteiger partial charge < -0.3 is 15.0 Å². The van der Waals surface area contributed by atoms with E-state index in [1.165, 1.54) is 19.3 Å². The van der Waals surface area contributed by atoms with Gasteiger partial charge in [0.05, 0.1) is 6.61 Å². The van der Waals surface area contributed by atoms with Crippen LogP contribution in [0.5, 0.6) is 0 Å². The van der Waals surface area contributed by atoms with Crippen molar-refractivity contribution in [3.05, 3.63) is 11.7 Å². The van der Waals surface area contributed by atoms with Gasteiger partial charge in [0, 0.05) is 12.5 Å². The third-order valence-electron chi connectivity index (χ3n) is 4.30. The van der Waals surface area contributed by atoms with Crippen molar-refractivity contribution in [3.63, 3.8) is 0 Å². The predicted octanol–water partition coefficient (Wildman–Crippen LogP) is 2.18. The average molecular weight is 265 g/mol. The molecule has 0 saturated heterocycles. The molecule has 2 fully saturated rings. The number of nitrogens with two attached hydrogens (primary N) is 1. The minimum absolute atomic E-state index is 0.426. The zero-order valence-corrected chi connectivity index (χ0v) is 11.8. The van der Waals surface area contributed by atoms with Crippen molar-refractivity contribution >= 4 is 0 Å². The van der Waals surface area contributed by atoms with E-state index < -0.39 is 5.54 Å². The standard InChI is InChI=1S/C14H23N3O2/c1-3-4-18-8-14(2,15)13-16-12(19-17-13)11-6-9-5-10(9)7-11/h9-11H,3-8,15H2,1-2H3. The van der Waals surface area contributed by atoms with Crippen LogP contribution in [0.3, 0.4) is 0 Å². The van der Waals surface area contributed by atoms with E-state index in [0.29, 0.717) is 25.0 Å². The fraction of sp³-hybridized carbons (Fsp3) is 0.857. The molecule has 1 aromatic rings. The van der Waals surface area contributed by atoms with Crippen molar-refractivity contribution in [1.82, 2.24) is 10.1 Å². The van der Waals surface area contributed by atoms with Gasteiger partial charge in [-0.15, -0.1) is 0 Å². The van der Waals surface area contributed by atoms with E-state index in [9.17, 15) is 0 Å². The van der Waals surface area contributed by atoms with Gasteiger partial charge in [0.2, 0.25) is 5.89 Å². The first-order valence-electron chi connectivity index (χ1n) is 7.31. The van der Waals surface area contributed by atoms with E-state index in [2.05, 4.69) is 17.1 Å². The van der Waals surface area contributed by atoms with E-state index >= 15 is 0 Å². The van der Waals surface area contributed by atoms with Crippen LogP contribution in [0.2, 0.25) is 0 Å². The second kappa shape index (κ2) is 4.87. The second-order valence-corrected chi connectivity index (χ2v) is 6.35. The van der Waals surface area contributed by atoms with E-state index in [1.54, 1.807) is 0 Å². The van der Waals surface area contributed by atoms with Gasteiger partial charge in [-0.3, -0.25) is 0 Å². The normalized spacial score (nSPS) is 32.1. The highest BCUT2D eigenvalue weighted by Crippen LogP contribution is 2.57. The Balaban J connectivity index is 1.63. The van der Waals surface area contributed by atoms with Crippen LogP contribution < -0.4 is 5.73 Å². The van der Waals surface area contributed by atoms with Crippen LogP contribution in [0, 0.1) is 11.8 Å². The molecule has 19 heavy (non-hydrogen) atoms. The molecule has 3 unspecified atom stereocenters. The molecule has 3 atom stereocenters. The smallest absolute Gasteiger partial charge is 0.229 e. The highest BCUT2D eigenvalue weighted by molar-refractivity contribution is 5.09. The third-order valence-corrected chi connectivity index (χ3v) is 4.30. The molecule has 106 valence electrons. The van der Waals surface area contributed by atoms with Crippen LogP contribution >= 0.6 is 0 Å². The average Bonchev–Trinajstić information content (AvgIpc) is 2.84. The minimum atomic E-state index is -0.668. The SMILES string of the molecule is CCCOCC(C)(N)c1noc(C2CC3CC3C2)n1. The van der Waals surface area contributed by atoms with Gasteiger partial charge in [0.1, 0.15) is 5.54 Å². The van der Waals surface area contributed by atoms with Gasteiger partial charge in [0.15, 0.2) is 5.82 Å². The lowest BCUT2D eigenvalue weighted by Crippen LogP contribution is -2.39. The maximum absolute atomic E-state index is 6.22. The van der Waals surface area contributed by atoms with E-state index in [-0.39, 0.29) is 0 Å². The maximum atomic E-state index is 6.22. The lowest BCUT2D eigenvalue weighted by atomic mass is 10.0. The van der Waals surface area contributed by atoms with Crippen LogP contribution in [0.1, 0.15) is 57.2 Å². The van der Waals surface area contributed by atoms with Crippen molar-refractivity contribution in [2.24, 2.45) is 17.6 Å². The molecule has 2 saturated carbocycles. The van der Waals surface area contributed by atoms with Crippen LogP contribution in [0.15, 0.2) is 4.52 Å². The Morgan fingerprint density at radius 2 is 2.11 bits per heavy atom. The highest BCUT2D eigenvalue weighted by Gasteiger charge is 2.48. The lowest BCUT2D eigenvalue weighted by molar-refractivity contribution is 0.0867. The number of ether oxygens (including phenoxy) is 1. The molecule has 0 amide bonds. The molecule has 0 aliphatic heterocycles. The summed E-state index contributed by atoms with van der Waals surface area (Å²) in [6, 6.07) is 0. The molecular weight excluding hydrogens is 242 g/mol. The second-order valence-electron chi connectivity index (χ2n) is 6.35. The van der Waals surface area contributed by atoms with Crippen LogP contribution in [0.25, 0.3) is 0 Å². The molecule has 5 heteroatoms. The topological polar surface area (TPSA) is 74.2 Å². The number of nitrogens with zero attached hydrogens (tertiary/aromatic N) is 2. The predicted molar refractivity (Wildman–Crippen MR) is 70.5 cm³/mol. The highest BCUT2D eigenvalue weighted by atomic mass is 16.5. The summed E-state index contributed by atoms with van der Waals surface area (Å²) in [6.45, 7) is 5.11. The van der Waals surface area contributed by atoms with E-state index in [4.69, 9.17) is 15.0 Å². The van der Waals surface area contributed by atoms with Gasteiger partial charge in [-0.2, -0.15) is 4.98 Å². The summed E-state index contributed by atoms with van der Waals surface area (Å²) in [5.74, 6) is 3.63. The zero-order chi connectivity index (χ0) is 13.5. The summed E-state index contributed by atoms with van der Waals surface area (Å²) >= 11 is 0. The van der Waals surface area contributed by atoms with E-state index in [0.717, 1.165) is 24.1 Å². The Labute approximate surface area is 113 Å². The van der Waals surface area contributed by atoms with Crippen molar-refractivity contribution in [3.8, 4) is 0 Å². The Morgan fingerprint density at radius 3 is 2.79 bits per heavy atom. The molecule has 2 aliphatic carbocycles. The largest absolute Gasteiger partial charge is 0.379 e. The molecule has 0 aromatic carbocycles. The monoisotopic (exact) mass is 265 g/mol. The van der Waals surface area contributed by atoms with E-state index in [1.807, 2.05) is 6.92 Å². The number of hydrogen-bond donors (Lipinski definition) is 1. The third kappa shape index (κ3) is 2.67. The number of fused-ring (bicyclic) bond motifs is 1. The quantitative estimate of drug-likeness (QED) is 0.798. The first-order chi connectivity index (χ1) is 9.10. The Morgan fingerprint density at radius 1 is 1.37 bits per heavy atom. The number of aromatic nitrogens is 2. The molecule has 5 nitrogen and oxygen atoms in total. The maximum Gasteiger partial charge on any atom is 0.229 e. The van der Waals surface area contributed by atoms with Crippen LogP contribution in [-0.2, 0) is 10.3 Å². The van der Waals surface area contributed by atoms with Gasteiger partial charge >= 0.3 is 0 Å². The fourth-order valence-corrected chi connectivity index (χ4v) is 3.04. The Hall–Kier alpha value is -0.940.